The minimum absolute atomic E-state index is 0.224. The van der Waals surface area contributed by atoms with Crippen LogP contribution >= 0.6 is 11.6 Å². The van der Waals surface area contributed by atoms with Crippen molar-refractivity contribution in [2.75, 3.05) is 33.7 Å². The van der Waals surface area contributed by atoms with Crippen LogP contribution in [0.4, 0.5) is 0 Å². The quantitative estimate of drug-likeness (QED) is 0.836. The monoisotopic (exact) mass is 298 g/mol. The van der Waals surface area contributed by atoms with Crippen molar-refractivity contribution in [1.82, 2.24) is 19.6 Å². The number of aromatic nitrogens is 2. The molecule has 1 aliphatic heterocycles. The molecule has 112 valence electrons. The van der Waals surface area contributed by atoms with E-state index in [1.165, 1.54) is 0 Å². The van der Waals surface area contributed by atoms with Crippen LogP contribution in [0.5, 0.6) is 0 Å². The number of nitrogens with zero attached hydrogens (tertiary/aromatic N) is 4. The summed E-state index contributed by atoms with van der Waals surface area (Å²) in [6, 6.07) is 0.300. The predicted octanol–water partition coefficient (Wildman–Crippen LogP) is 1.13. The van der Waals surface area contributed by atoms with Gasteiger partial charge in [-0.15, -0.1) is 0 Å². The fourth-order valence-corrected chi connectivity index (χ4v) is 2.94. The summed E-state index contributed by atoms with van der Waals surface area (Å²) in [5.74, 6) is 0.224. The van der Waals surface area contributed by atoms with Crippen molar-refractivity contribution >= 4 is 17.4 Å². The number of rotatable bonds is 4. The van der Waals surface area contributed by atoms with Crippen molar-refractivity contribution in [2.24, 2.45) is 7.05 Å². The summed E-state index contributed by atoms with van der Waals surface area (Å²) in [4.78, 5) is 16.9. The third-order valence-corrected chi connectivity index (χ3v) is 4.56. The van der Waals surface area contributed by atoms with Crippen LogP contribution in [0.25, 0.3) is 0 Å². The van der Waals surface area contributed by atoms with Gasteiger partial charge in [-0.1, -0.05) is 11.6 Å². The fourth-order valence-electron chi connectivity index (χ4n) is 2.72. The maximum atomic E-state index is 12.3. The lowest BCUT2D eigenvalue weighted by molar-refractivity contribution is -0.120. The number of ketones is 1. The first kappa shape index (κ1) is 15.5. The molecule has 0 aromatic carbocycles. The van der Waals surface area contributed by atoms with Gasteiger partial charge in [0, 0.05) is 45.6 Å². The predicted molar refractivity (Wildman–Crippen MR) is 80.2 cm³/mol. The highest BCUT2D eigenvalue weighted by molar-refractivity contribution is 6.32. The summed E-state index contributed by atoms with van der Waals surface area (Å²) in [7, 11) is 6.03. The number of halogens is 1. The lowest BCUT2D eigenvalue weighted by Gasteiger charge is -2.37. The number of carbonyl (C=O) groups is 1. The first-order valence-corrected chi connectivity index (χ1v) is 7.34. The molecule has 1 unspecified atom stereocenters. The van der Waals surface area contributed by atoms with Crippen molar-refractivity contribution in [1.29, 1.82) is 0 Å². The van der Waals surface area contributed by atoms with Crippen LogP contribution in [0, 0.1) is 6.92 Å². The Hall–Kier alpha value is -0.910. The van der Waals surface area contributed by atoms with Crippen LogP contribution in [0.15, 0.2) is 0 Å². The van der Waals surface area contributed by atoms with Crippen molar-refractivity contribution in [3.63, 3.8) is 0 Å². The van der Waals surface area contributed by atoms with E-state index in [-0.39, 0.29) is 5.78 Å². The maximum Gasteiger partial charge on any atom is 0.140 e. The molecule has 1 saturated heterocycles. The summed E-state index contributed by atoms with van der Waals surface area (Å²) >= 11 is 6.20. The lowest BCUT2D eigenvalue weighted by atomic mass is 10.0. The SMILES string of the molecule is Cc1nn(C)c(CC(=O)CC2CN(C)CCN2C)c1Cl. The van der Waals surface area contributed by atoms with E-state index in [9.17, 15) is 4.79 Å². The third-order valence-electron chi connectivity index (χ3n) is 4.07. The Morgan fingerprint density at radius 3 is 2.65 bits per heavy atom. The second-order valence-corrected chi connectivity index (χ2v) is 6.16. The van der Waals surface area contributed by atoms with Gasteiger partial charge >= 0.3 is 0 Å². The maximum absolute atomic E-state index is 12.3. The van der Waals surface area contributed by atoms with Crippen molar-refractivity contribution in [3.05, 3.63) is 16.4 Å². The number of hydrogen-bond acceptors (Lipinski definition) is 4. The van der Waals surface area contributed by atoms with Gasteiger partial charge in [0.1, 0.15) is 5.78 Å². The number of piperazine rings is 1. The standard InChI is InChI=1S/C14H23ClN4O/c1-10-14(15)13(19(4)16-10)8-12(20)7-11-9-17(2)5-6-18(11)3/h11H,5-9H2,1-4H3. The van der Waals surface area contributed by atoms with E-state index < -0.39 is 0 Å². The zero-order valence-electron chi connectivity index (χ0n) is 12.7. The minimum atomic E-state index is 0.224. The molecule has 0 aliphatic carbocycles. The number of carbonyl (C=O) groups excluding carboxylic acids is 1. The number of likely N-dealkylation sites (N-methyl/N-ethyl adjacent to an activating group) is 2. The second kappa shape index (κ2) is 6.24. The zero-order valence-corrected chi connectivity index (χ0v) is 13.4. The van der Waals surface area contributed by atoms with Gasteiger partial charge in [-0.2, -0.15) is 5.10 Å². The molecule has 1 aliphatic rings. The first-order valence-electron chi connectivity index (χ1n) is 6.97. The van der Waals surface area contributed by atoms with Gasteiger partial charge in [-0.05, 0) is 21.0 Å². The van der Waals surface area contributed by atoms with E-state index in [0.717, 1.165) is 31.0 Å². The Labute approximate surface area is 125 Å². The molecule has 2 heterocycles. The van der Waals surface area contributed by atoms with Gasteiger partial charge < -0.3 is 9.80 Å². The van der Waals surface area contributed by atoms with Crippen LogP contribution in [-0.2, 0) is 18.3 Å². The Morgan fingerprint density at radius 1 is 1.35 bits per heavy atom. The van der Waals surface area contributed by atoms with Gasteiger partial charge in [0.25, 0.3) is 0 Å². The highest BCUT2D eigenvalue weighted by atomic mass is 35.5. The van der Waals surface area contributed by atoms with Crippen LogP contribution in [-0.4, -0.2) is 65.1 Å². The summed E-state index contributed by atoms with van der Waals surface area (Å²) in [5, 5.41) is 4.87. The molecule has 1 fully saturated rings. The second-order valence-electron chi connectivity index (χ2n) is 5.79. The average Bonchev–Trinajstić information content (AvgIpc) is 2.61. The summed E-state index contributed by atoms with van der Waals surface area (Å²) in [5.41, 5.74) is 1.60. The molecule has 1 atom stereocenters. The summed E-state index contributed by atoms with van der Waals surface area (Å²) in [6.45, 7) is 4.88. The van der Waals surface area contributed by atoms with Crippen LogP contribution in [0.2, 0.25) is 5.02 Å². The lowest BCUT2D eigenvalue weighted by Crippen LogP contribution is -2.50. The van der Waals surface area contributed by atoms with E-state index in [0.29, 0.717) is 23.9 Å². The highest BCUT2D eigenvalue weighted by Crippen LogP contribution is 2.21. The molecular formula is C14H23ClN4O. The molecule has 20 heavy (non-hydrogen) atoms. The zero-order chi connectivity index (χ0) is 14.9. The van der Waals surface area contributed by atoms with Gasteiger partial charge in [0.05, 0.1) is 16.4 Å². The summed E-state index contributed by atoms with van der Waals surface area (Å²) in [6.07, 6.45) is 0.936. The Kier molecular flexibility index (Phi) is 4.83. The molecule has 6 heteroatoms. The Bertz CT molecular complexity index is 500. The molecule has 0 N–H and O–H groups in total. The fraction of sp³-hybridized carbons (Fsp3) is 0.714. The number of hydrogen-bond donors (Lipinski definition) is 0. The number of aryl methyl sites for hydroxylation is 2. The molecule has 0 radical (unpaired) electrons. The van der Waals surface area contributed by atoms with Gasteiger partial charge in [-0.3, -0.25) is 9.48 Å². The Balaban J connectivity index is 1.98. The molecular weight excluding hydrogens is 276 g/mol. The molecule has 0 spiro atoms. The Morgan fingerprint density at radius 2 is 2.05 bits per heavy atom. The highest BCUT2D eigenvalue weighted by Gasteiger charge is 2.25. The third kappa shape index (κ3) is 3.40. The summed E-state index contributed by atoms with van der Waals surface area (Å²) < 4.78 is 1.71. The van der Waals surface area contributed by atoms with Crippen LogP contribution < -0.4 is 0 Å². The molecule has 0 saturated carbocycles. The van der Waals surface area contributed by atoms with Crippen LogP contribution in [0.1, 0.15) is 17.8 Å². The van der Waals surface area contributed by atoms with Gasteiger partial charge in [0.2, 0.25) is 0 Å². The van der Waals surface area contributed by atoms with E-state index in [1.807, 2.05) is 14.0 Å². The van der Waals surface area contributed by atoms with Gasteiger partial charge in [-0.25, -0.2) is 0 Å². The molecule has 2 rings (SSSR count). The largest absolute Gasteiger partial charge is 0.304 e. The molecule has 0 bridgehead atoms. The molecule has 0 amide bonds. The van der Waals surface area contributed by atoms with E-state index in [2.05, 4.69) is 29.0 Å². The van der Waals surface area contributed by atoms with Crippen LogP contribution in [0.3, 0.4) is 0 Å². The van der Waals surface area contributed by atoms with E-state index in [1.54, 1.807) is 4.68 Å². The van der Waals surface area contributed by atoms with Crippen molar-refractivity contribution in [3.8, 4) is 0 Å². The topological polar surface area (TPSA) is 41.4 Å². The molecule has 1 aromatic rings. The first-order chi connectivity index (χ1) is 9.38. The van der Waals surface area contributed by atoms with Crippen molar-refractivity contribution < 1.29 is 4.79 Å². The minimum Gasteiger partial charge on any atom is -0.304 e. The van der Waals surface area contributed by atoms with E-state index in [4.69, 9.17) is 11.6 Å². The normalized spacial score (nSPS) is 21.4. The molecule has 1 aromatic heterocycles. The van der Waals surface area contributed by atoms with Crippen molar-refractivity contribution in [2.45, 2.75) is 25.8 Å². The van der Waals surface area contributed by atoms with Gasteiger partial charge in [0.15, 0.2) is 0 Å². The smallest absolute Gasteiger partial charge is 0.140 e. The average molecular weight is 299 g/mol. The number of Topliss-reactive ketones (excluding diaryl/α,β-unsaturated/α-hetero) is 1. The molecule has 5 nitrogen and oxygen atoms in total. The van der Waals surface area contributed by atoms with E-state index >= 15 is 0 Å².